The van der Waals surface area contributed by atoms with Crippen molar-refractivity contribution in [3.8, 4) is 0 Å². The van der Waals surface area contributed by atoms with Gasteiger partial charge in [-0.25, -0.2) is 18.5 Å². The van der Waals surface area contributed by atoms with E-state index < -0.39 is 16.7 Å². The van der Waals surface area contributed by atoms with Crippen LogP contribution in [0.15, 0.2) is 57.0 Å². The monoisotopic (exact) mass is 510 g/mol. The van der Waals surface area contributed by atoms with Crippen molar-refractivity contribution >= 4 is 40.0 Å². The van der Waals surface area contributed by atoms with E-state index in [0.29, 0.717) is 38.4 Å². The molecule has 0 fully saturated rings. The maximum absolute atomic E-state index is 12.3. The molecule has 2 rings (SSSR count). The number of furan rings is 1. The number of halogens is 2. The second kappa shape index (κ2) is 11.9. The zero-order valence-corrected chi connectivity index (χ0v) is 17.9. The third-order valence-electron chi connectivity index (χ3n) is 3.52. The third kappa shape index (κ3) is 8.71. The molecule has 0 saturated carbocycles. The van der Waals surface area contributed by atoms with E-state index in [1.807, 2.05) is 12.1 Å². The number of hydrogen-bond acceptors (Lipinski definition) is 4. The zero-order chi connectivity index (χ0) is 18.8. The number of nitrogens with two attached hydrogens (primary N) is 1. The van der Waals surface area contributed by atoms with Crippen molar-refractivity contribution in [2.24, 2.45) is 10.1 Å². The summed E-state index contributed by atoms with van der Waals surface area (Å²) < 4.78 is 40.1. The summed E-state index contributed by atoms with van der Waals surface area (Å²) in [6, 6.07) is 9.93. The smallest absolute Gasteiger partial charge is 0.238 e. The fourth-order valence-corrected chi connectivity index (χ4v) is 2.68. The van der Waals surface area contributed by atoms with E-state index in [1.54, 1.807) is 18.4 Å². The second-order valence-corrected chi connectivity index (χ2v) is 7.14. The Balaban J connectivity index is 0.00000364. The molecule has 0 amide bonds. The molecule has 2 aromatic rings. The standard InChI is InChI=1S/C17H23FN4O3S.HI/c18-9-2-10-20-17(21-11-8-15-3-1-12-25-15)22-13-14-4-6-16(7-5-14)26(19,23)24;/h1,3-7,12H,2,8-11,13H2,(H2,19,23,24)(H2,20,21,22);1H. The van der Waals surface area contributed by atoms with Crippen molar-refractivity contribution < 1.29 is 17.2 Å². The van der Waals surface area contributed by atoms with Gasteiger partial charge >= 0.3 is 0 Å². The van der Waals surface area contributed by atoms with Gasteiger partial charge in [-0.3, -0.25) is 4.39 Å². The van der Waals surface area contributed by atoms with Crippen LogP contribution in [-0.4, -0.2) is 34.1 Å². The number of alkyl halides is 1. The minimum atomic E-state index is -3.70. The molecule has 0 aliphatic carbocycles. The Kier molecular flexibility index (Phi) is 10.3. The Hall–Kier alpha value is -1.66. The highest BCUT2D eigenvalue weighted by Crippen LogP contribution is 2.09. The molecular weight excluding hydrogens is 486 g/mol. The molecular formula is C17H24FIN4O3S. The number of guanidine groups is 1. The molecule has 0 spiro atoms. The number of nitrogens with one attached hydrogen (secondary N) is 2. The van der Waals surface area contributed by atoms with Gasteiger partial charge in [0, 0.05) is 19.5 Å². The van der Waals surface area contributed by atoms with Crippen molar-refractivity contribution in [1.29, 1.82) is 0 Å². The van der Waals surface area contributed by atoms with Crippen LogP contribution in [0.2, 0.25) is 0 Å². The molecule has 1 aromatic heterocycles. The molecule has 10 heteroatoms. The van der Waals surface area contributed by atoms with Gasteiger partial charge in [-0.1, -0.05) is 12.1 Å². The van der Waals surface area contributed by atoms with E-state index in [1.165, 1.54) is 12.1 Å². The van der Waals surface area contributed by atoms with Crippen molar-refractivity contribution in [3.05, 3.63) is 54.0 Å². The van der Waals surface area contributed by atoms with Gasteiger partial charge in [0.2, 0.25) is 10.0 Å². The van der Waals surface area contributed by atoms with Gasteiger partial charge in [0.15, 0.2) is 5.96 Å². The quantitative estimate of drug-likeness (QED) is 0.207. The lowest BCUT2D eigenvalue weighted by Gasteiger charge is -2.12. The van der Waals surface area contributed by atoms with Gasteiger partial charge in [-0.05, 0) is 36.2 Å². The van der Waals surface area contributed by atoms with Gasteiger partial charge < -0.3 is 15.1 Å². The summed E-state index contributed by atoms with van der Waals surface area (Å²) in [7, 11) is -3.70. The lowest BCUT2D eigenvalue weighted by molar-refractivity contribution is 0.470. The lowest BCUT2D eigenvalue weighted by Crippen LogP contribution is -2.39. The van der Waals surface area contributed by atoms with Crippen molar-refractivity contribution in [2.45, 2.75) is 24.3 Å². The van der Waals surface area contributed by atoms with Gasteiger partial charge in [0.1, 0.15) is 5.76 Å². The maximum atomic E-state index is 12.3. The van der Waals surface area contributed by atoms with Gasteiger partial charge in [0.05, 0.1) is 24.4 Å². The van der Waals surface area contributed by atoms with Gasteiger partial charge in [-0.2, -0.15) is 0 Å². The SMILES string of the molecule is I.NS(=O)(=O)c1ccc(CN=C(NCCCF)NCCc2ccco2)cc1. The highest BCUT2D eigenvalue weighted by molar-refractivity contribution is 14.0. The average Bonchev–Trinajstić information content (AvgIpc) is 3.12. The number of hydrogen-bond donors (Lipinski definition) is 3. The van der Waals surface area contributed by atoms with E-state index in [0.717, 1.165) is 11.3 Å². The summed E-state index contributed by atoms with van der Waals surface area (Å²) in [5.41, 5.74) is 0.829. The lowest BCUT2D eigenvalue weighted by atomic mass is 10.2. The van der Waals surface area contributed by atoms with Crippen molar-refractivity contribution in [1.82, 2.24) is 10.6 Å². The minimum Gasteiger partial charge on any atom is -0.469 e. The molecule has 0 unspecified atom stereocenters. The third-order valence-corrected chi connectivity index (χ3v) is 4.45. The molecule has 4 N–H and O–H groups in total. The molecule has 0 aliphatic rings. The van der Waals surface area contributed by atoms with Gasteiger partial charge in [-0.15, -0.1) is 24.0 Å². The average molecular weight is 510 g/mol. The Morgan fingerprint density at radius 1 is 1.15 bits per heavy atom. The molecule has 0 radical (unpaired) electrons. The second-order valence-electron chi connectivity index (χ2n) is 5.58. The summed E-state index contributed by atoms with van der Waals surface area (Å²) in [5.74, 6) is 1.42. The Morgan fingerprint density at radius 2 is 1.85 bits per heavy atom. The minimum absolute atomic E-state index is 0. The highest BCUT2D eigenvalue weighted by atomic mass is 127. The number of aliphatic imine (C=N–C) groups is 1. The Labute approximate surface area is 175 Å². The molecule has 0 aliphatic heterocycles. The fraction of sp³-hybridized carbons (Fsp3) is 0.353. The molecule has 7 nitrogen and oxygen atoms in total. The predicted octanol–water partition coefficient (Wildman–Crippen LogP) is 2.18. The summed E-state index contributed by atoms with van der Waals surface area (Å²) in [4.78, 5) is 4.50. The van der Waals surface area contributed by atoms with Crippen molar-refractivity contribution in [2.75, 3.05) is 19.8 Å². The number of sulfonamides is 1. The molecule has 0 atom stereocenters. The summed E-state index contributed by atoms with van der Waals surface area (Å²) in [5, 5.41) is 11.3. The van der Waals surface area contributed by atoms with Crippen LogP contribution in [0, 0.1) is 0 Å². The summed E-state index contributed by atoms with van der Waals surface area (Å²) in [6.45, 7) is 1.02. The number of nitrogens with zero attached hydrogens (tertiary/aromatic N) is 1. The van der Waals surface area contributed by atoms with Crippen LogP contribution in [0.4, 0.5) is 4.39 Å². The molecule has 27 heavy (non-hydrogen) atoms. The number of rotatable bonds is 9. The number of benzene rings is 1. The molecule has 0 bridgehead atoms. The molecule has 150 valence electrons. The van der Waals surface area contributed by atoms with E-state index in [2.05, 4.69) is 15.6 Å². The van der Waals surface area contributed by atoms with Crippen LogP contribution < -0.4 is 15.8 Å². The maximum Gasteiger partial charge on any atom is 0.238 e. The summed E-state index contributed by atoms with van der Waals surface area (Å²) in [6.07, 6.45) is 2.71. The van der Waals surface area contributed by atoms with E-state index in [-0.39, 0.29) is 28.9 Å². The van der Waals surface area contributed by atoms with E-state index in [4.69, 9.17) is 9.56 Å². The van der Waals surface area contributed by atoms with Crippen LogP contribution >= 0.6 is 24.0 Å². The normalized spacial score (nSPS) is 11.7. The molecule has 0 saturated heterocycles. The van der Waals surface area contributed by atoms with Gasteiger partial charge in [0.25, 0.3) is 0 Å². The topological polar surface area (TPSA) is 110 Å². The first-order valence-corrected chi connectivity index (χ1v) is 9.76. The number of primary sulfonamides is 1. The molecule has 1 aromatic carbocycles. The van der Waals surface area contributed by atoms with Crippen LogP contribution in [0.25, 0.3) is 0 Å². The Morgan fingerprint density at radius 3 is 2.44 bits per heavy atom. The van der Waals surface area contributed by atoms with Crippen molar-refractivity contribution in [3.63, 3.8) is 0 Å². The van der Waals surface area contributed by atoms with E-state index in [9.17, 15) is 12.8 Å². The zero-order valence-electron chi connectivity index (χ0n) is 14.7. The van der Waals surface area contributed by atoms with Crippen LogP contribution in [0.1, 0.15) is 17.7 Å². The van der Waals surface area contributed by atoms with Crippen LogP contribution in [-0.2, 0) is 23.0 Å². The Bertz CT molecular complexity index is 796. The summed E-state index contributed by atoms with van der Waals surface area (Å²) >= 11 is 0. The first kappa shape index (κ1) is 23.4. The predicted molar refractivity (Wildman–Crippen MR) is 113 cm³/mol. The highest BCUT2D eigenvalue weighted by Gasteiger charge is 2.06. The first-order valence-electron chi connectivity index (χ1n) is 8.21. The fourth-order valence-electron chi connectivity index (χ4n) is 2.16. The van der Waals surface area contributed by atoms with Crippen LogP contribution in [0.5, 0.6) is 0 Å². The molecule has 1 heterocycles. The first-order chi connectivity index (χ1) is 12.5. The largest absolute Gasteiger partial charge is 0.469 e. The van der Waals surface area contributed by atoms with Crippen LogP contribution in [0.3, 0.4) is 0 Å². The van der Waals surface area contributed by atoms with E-state index >= 15 is 0 Å².